The van der Waals surface area contributed by atoms with Crippen LogP contribution in [0, 0.1) is 0 Å². The van der Waals surface area contributed by atoms with Crippen LogP contribution in [-0.2, 0) is 18.2 Å². The molecule has 1 saturated heterocycles. The first-order valence-electron chi connectivity index (χ1n) is 6.23. The molecule has 1 aromatic heterocycles. The summed E-state index contributed by atoms with van der Waals surface area (Å²) in [6.07, 6.45) is 3.29. The average molecular weight is 238 g/mol. The van der Waals surface area contributed by atoms with E-state index in [0.29, 0.717) is 6.10 Å². The Balaban J connectivity index is 1.59. The molecule has 5 nitrogen and oxygen atoms in total. The van der Waals surface area contributed by atoms with Gasteiger partial charge in [-0.05, 0) is 13.1 Å². The zero-order valence-electron chi connectivity index (χ0n) is 10.7. The molecule has 2 rings (SSSR count). The number of aromatic nitrogens is 2. The largest absolute Gasteiger partial charge is 0.374 e. The van der Waals surface area contributed by atoms with E-state index >= 15 is 0 Å². The Hall–Kier alpha value is -0.910. The summed E-state index contributed by atoms with van der Waals surface area (Å²) in [5, 5.41) is 7.78. The van der Waals surface area contributed by atoms with Crippen molar-refractivity contribution in [1.29, 1.82) is 0 Å². The monoisotopic (exact) mass is 238 g/mol. The minimum Gasteiger partial charge on any atom is -0.374 e. The molecule has 17 heavy (non-hydrogen) atoms. The molecule has 0 bridgehead atoms. The molecule has 1 fully saturated rings. The van der Waals surface area contributed by atoms with Crippen LogP contribution in [0.3, 0.4) is 0 Å². The standard InChI is InChI=1S/C12H22N4O/c1-15-7-8-17-12(10-15)9-13-5-3-11-4-6-16(2)14-11/h4,6,12-13H,3,5,7-10H2,1-2H3. The van der Waals surface area contributed by atoms with Gasteiger partial charge in [0.15, 0.2) is 0 Å². The lowest BCUT2D eigenvalue weighted by Gasteiger charge is -2.30. The fourth-order valence-electron chi connectivity index (χ4n) is 2.07. The third-order valence-corrected chi connectivity index (χ3v) is 3.04. The van der Waals surface area contributed by atoms with Gasteiger partial charge in [-0.15, -0.1) is 0 Å². The highest BCUT2D eigenvalue weighted by atomic mass is 16.5. The van der Waals surface area contributed by atoms with Crippen LogP contribution in [0.25, 0.3) is 0 Å². The predicted octanol–water partition coefficient (Wildman–Crippen LogP) is -0.117. The normalized spacial score (nSPS) is 21.9. The molecule has 0 spiro atoms. The Morgan fingerprint density at radius 1 is 1.53 bits per heavy atom. The van der Waals surface area contributed by atoms with Crippen LogP contribution in [0.5, 0.6) is 0 Å². The number of rotatable bonds is 5. The van der Waals surface area contributed by atoms with Gasteiger partial charge in [0, 0.05) is 45.8 Å². The molecule has 1 unspecified atom stereocenters. The van der Waals surface area contributed by atoms with E-state index in [1.54, 1.807) is 0 Å². The lowest BCUT2D eigenvalue weighted by molar-refractivity contribution is -0.0179. The second-order valence-electron chi connectivity index (χ2n) is 4.69. The molecule has 0 aliphatic carbocycles. The van der Waals surface area contributed by atoms with Crippen molar-refractivity contribution in [2.45, 2.75) is 12.5 Å². The summed E-state index contributed by atoms with van der Waals surface area (Å²) < 4.78 is 7.52. The van der Waals surface area contributed by atoms with Crippen molar-refractivity contribution in [3.05, 3.63) is 18.0 Å². The fourth-order valence-corrected chi connectivity index (χ4v) is 2.07. The van der Waals surface area contributed by atoms with Crippen molar-refractivity contribution >= 4 is 0 Å². The molecule has 0 amide bonds. The maximum absolute atomic E-state index is 5.68. The quantitative estimate of drug-likeness (QED) is 0.727. The van der Waals surface area contributed by atoms with Crippen LogP contribution < -0.4 is 5.32 Å². The van der Waals surface area contributed by atoms with Crippen LogP contribution in [0.15, 0.2) is 12.3 Å². The Labute approximate surface area is 103 Å². The number of nitrogens with zero attached hydrogens (tertiary/aromatic N) is 3. The van der Waals surface area contributed by atoms with E-state index in [0.717, 1.165) is 44.9 Å². The highest BCUT2D eigenvalue weighted by Crippen LogP contribution is 2.01. The second-order valence-corrected chi connectivity index (χ2v) is 4.69. The Bertz CT molecular complexity index is 339. The third-order valence-electron chi connectivity index (χ3n) is 3.04. The fraction of sp³-hybridized carbons (Fsp3) is 0.750. The maximum Gasteiger partial charge on any atom is 0.0826 e. The van der Waals surface area contributed by atoms with Gasteiger partial charge >= 0.3 is 0 Å². The summed E-state index contributed by atoms with van der Waals surface area (Å²) in [7, 11) is 4.09. The summed E-state index contributed by atoms with van der Waals surface area (Å²) in [5.74, 6) is 0. The van der Waals surface area contributed by atoms with Gasteiger partial charge in [0.1, 0.15) is 0 Å². The zero-order valence-corrected chi connectivity index (χ0v) is 10.7. The number of morpholine rings is 1. The van der Waals surface area contributed by atoms with Gasteiger partial charge < -0.3 is 15.0 Å². The summed E-state index contributed by atoms with van der Waals surface area (Å²) in [6.45, 7) is 4.81. The topological polar surface area (TPSA) is 42.3 Å². The average Bonchev–Trinajstić information content (AvgIpc) is 2.71. The first kappa shape index (κ1) is 12.5. The molecule has 1 aliphatic heterocycles. The number of likely N-dealkylation sites (N-methyl/N-ethyl adjacent to an activating group) is 1. The first-order valence-corrected chi connectivity index (χ1v) is 6.23. The molecule has 96 valence electrons. The van der Waals surface area contributed by atoms with Crippen molar-refractivity contribution in [3.63, 3.8) is 0 Å². The molecule has 1 aromatic rings. The van der Waals surface area contributed by atoms with Crippen LogP contribution in [0.4, 0.5) is 0 Å². The molecular formula is C12H22N4O. The molecule has 0 saturated carbocycles. The minimum absolute atomic E-state index is 0.331. The number of nitrogens with one attached hydrogen (secondary N) is 1. The van der Waals surface area contributed by atoms with E-state index < -0.39 is 0 Å². The Kier molecular flexibility index (Phi) is 4.53. The van der Waals surface area contributed by atoms with E-state index in [-0.39, 0.29) is 0 Å². The summed E-state index contributed by atoms with van der Waals surface area (Å²) in [5.41, 5.74) is 1.14. The highest BCUT2D eigenvalue weighted by molar-refractivity contribution is 4.98. The molecule has 0 aromatic carbocycles. The van der Waals surface area contributed by atoms with Gasteiger partial charge in [0.05, 0.1) is 18.4 Å². The lowest BCUT2D eigenvalue weighted by atomic mass is 10.2. The number of hydrogen-bond donors (Lipinski definition) is 1. The molecule has 5 heteroatoms. The van der Waals surface area contributed by atoms with Gasteiger partial charge in [0.2, 0.25) is 0 Å². The zero-order chi connectivity index (χ0) is 12.1. The summed E-state index contributed by atoms with van der Waals surface area (Å²) in [6, 6.07) is 2.06. The van der Waals surface area contributed by atoms with E-state index in [4.69, 9.17) is 4.74 Å². The maximum atomic E-state index is 5.68. The van der Waals surface area contributed by atoms with Gasteiger partial charge in [-0.25, -0.2) is 0 Å². The van der Waals surface area contributed by atoms with Gasteiger partial charge in [-0.2, -0.15) is 5.10 Å². The van der Waals surface area contributed by atoms with Crippen molar-refractivity contribution < 1.29 is 4.74 Å². The number of hydrogen-bond acceptors (Lipinski definition) is 4. The Morgan fingerprint density at radius 2 is 2.41 bits per heavy atom. The molecular weight excluding hydrogens is 216 g/mol. The summed E-state index contributed by atoms with van der Waals surface area (Å²) >= 11 is 0. The van der Waals surface area contributed by atoms with E-state index in [9.17, 15) is 0 Å². The van der Waals surface area contributed by atoms with E-state index in [1.165, 1.54) is 0 Å². The molecule has 1 N–H and O–H groups in total. The van der Waals surface area contributed by atoms with E-state index in [1.807, 2.05) is 17.9 Å². The van der Waals surface area contributed by atoms with Gasteiger partial charge in [0.25, 0.3) is 0 Å². The van der Waals surface area contributed by atoms with Crippen LogP contribution in [0.2, 0.25) is 0 Å². The van der Waals surface area contributed by atoms with Gasteiger partial charge in [-0.3, -0.25) is 4.68 Å². The number of ether oxygens (including phenoxy) is 1. The van der Waals surface area contributed by atoms with E-state index in [2.05, 4.69) is 28.4 Å². The van der Waals surface area contributed by atoms with Crippen LogP contribution in [-0.4, -0.2) is 60.6 Å². The summed E-state index contributed by atoms with van der Waals surface area (Å²) in [4.78, 5) is 2.31. The Morgan fingerprint density at radius 3 is 3.12 bits per heavy atom. The first-order chi connectivity index (χ1) is 8.24. The molecule has 2 heterocycles. The molecule has 0 radical (unpaired) electrons. The molecule has 1 atom stereocenters. The highest BCUT2D eigenvalue weighted by Gasteiger charge is 2.16. The van der Waals surface area contributed by atoms with Crippen molar-refractivity contribution in [3.8, 4) is 0 Å². The molecule has 1 aliphatic rings. The predicted molar refractivity (Wildman–Crippen MR) is 67.0 cm³/mol. The minimum atomic E-state index is 0.331. The van der Waals surface area contributed by atoms with Crippen molar-refractivity contribution in [1.82, 2.24) is 20.0 Å². The van der Waals surface area contributed by atoms with Gasteiger partial charge in [-0.1, -0.05) is 0 Å². The lowest BCUT2D eigenvalue weighted by Crippen LogP contribution is -2.45. The number of aryl methyl sites for hydroxylation is 1. The smallest absolute Gasteiger partial charge is 0.0826 e. The van der Waals surface area contributed by atoms with Crippen LogP contribution in [0.1, 0.15) is 5.69 Å². The SMILES string of the molecule is CN1CCOC(CNCCc2ccn(C)n2)C1. The van der Waals surface area contributed by atoms with Crippen molar-refractivity contribution in [2.75, 3.05) is 39.8 Å². The third kappa shape index (κ3) is 4.11. The second kappa shape index (κ2) is 6.14. The van der Waals surface area contributed by atoms with Crippen molar-refractivity contribution in [2.24, 2.45) is 7.05 Å². The van der Waals surface area contributed by atoms with Crippen LogP contribution >= 0.6 is 0 Å².